The number of imidazole rings is 1. The molecule has 1 aromatic carbocycles. The highest BCUT2D eigenvalue weighted by molar-refractivity contribution is 7.92. The van der Waals surface area contributed by atoms with Gasteiger partial charge in [0.2, 0.25) is 5.16 Å². The lowest BCUT2D eigenvalue weighted by Gasteiger charge is -2.06. The summed E-state index contributed by atoms with van der Waals surface area (Å²) in [6, 6.07) is 7.80. The molecule has 0 amide bonds. The van der Waals surface area contributed by atoms with Crippen molar-refractivity contribution >= 4 is 20.8 Å². The van der Waals surface area contributed by atoms with Crippen molar-refractivity contribution in [1.82, 2.24) is 9.55 Å². The standard InChI is InChI=1S/C11H15N3OS/c1-4-14-10-8-6-5-7-9(10)13-11(14)16(3,15)12-2/h5-8H,4H2,1-3H3. The molecule has 0 aliphatic rings. The van der Waals surface area contributed by atoms with Crippen molar-refractivity contribution in [2.45, 2.75) is 18.6 Å². The van der Waals surface area contributed by atoms with E-state index in [9.17, 15) is 4.21 Å². The van der Waals surface area contributed by atoms with E-state index in [0.29, 0.717) is 5.16 Å². The van der Waals surface area contributed by atoms with Gasteiger partial charge in [0.1, 0.15) is 9.73 Å². The van der Waals surface area contributed by atoms with Crippen LogP contribution in [0.5, 0.6) is 0 Å². The van der Waals surface area contributed by atoms with Gasteiger partial charge in [0, 0.05) is 19.8 Å². The molecule has 0 N–H and O–H groups in total. The molecule has 4 nitrogen and oxygen atoms in total. The van der Waals surface area contributed by atoms with E-state index in [1.807, 2.05) is 35.8 Å². The van der Waals surface area contributed by atoms with E-state index >= 15 is 0 Å². The second kappa shape index (κ2) is 3.90. The first-order chi connectivity index (χ1) is 7.60. The third-order valence-corrected chi connectivity index (χ3v) is 4.31. The monoisotopic (exact) mass is 237 g/mol. The van der Waals surface area contributed by atoms with Gasteiger partial charge in [-0.2, -0.15) is 0 Å². The number of aromatic nitrogens is 2. The molecule has 86 valence electrons. The fraction of sp³-hybridized carbons (Fsp3) is 0.364. The first-order valence-electron chi connectivity index (χ1n) is 5.15. The van der Waals surface area contributed by atoms with Gasteiger partial charge in [0.05, 0.1) is 11.0 Å². The highest BCUT2D eigenvalue weighted by Gasteiger charge is 2.15. The summed E-state index contributed by atoms with van der Waals surface area (Å²) in [6.07, 6.45) is 1.63. The van der Waals surface area contributed by atoms with Crippen LogP contribution >= 0.6 is 0 Å². The fourth-order valence-electron chi connectivity index (χ4n) is 1.73. The molecule has 1 unspecified atom stereocenters. The van der Waals surface area contributed by atoms with Crippen LogP contribution in [0.3, 0.4) is 0 Å². The molecule has 0 aliphatic carbocycles. The van der Waals surface area contributed by atoms with E-state index in [2.05, 4.69) is 9.35 Å². The summed E-state index contributed by atoms with van der Waals surface area (Å²) >= 11 is 0. The summed E-state index contributed by atoms with van der Waals surface area (Å²) in [7, 11) is -0.805. The lowest BCUT2D eigenvalue weighted by Crippen LogP contribution is -2.08. The predicted octanol–water partition coefficient (Wildman–Crippen LogP) is 2.14. The van der Waals surface area contributed by atoms with Crippen molar-refractivity contribution in [2.24, 2.45) is 4.36 Å². The van der Waals surface area contributed by atoms with Gasteiger partial charge in [0.25, 0.3) is 0 Å². The molecule has 2 aromatic rings. The largest absolute Gasteiger partial charge is 0.316 e. The molecule has 1 atom stereocenters. The van der Waals surface area contributed by atoms with Crippen LogP contribution in [0, 0.1) is 0 Å². The van der Waals surface area contributed by atoms with E-state index in [1.165, 1.54) is 0 Å². The molecule has 0 bridgehead atoms. The van der Waals surface area contributed by atoms with Crippen LogP contribution in [0.4, 0.5) is 0 Å². The van der Waals surface area contributed by atoms with Crippen molar-refractivity contribution in [3.63, 3.8) is 0 Å². The lowest BCUT2D eigenvalue weighted by atomic mass is 10.3. The van der Waals surface area contributed by atoms with Gasteiger partial charge in [-0.25, -0.2) is 13.6 Å². The minimum atomic E-state index is -2.38. The van der Waals surface area contributed by atoms with Gasteiger partial charge in [-0.15, -0.1) is 0 Å². The predicted molar refractivity (Wildman–Crippen MR) is 66.1 cm³/mol. The van der Waals surface area contributed by atoms with Crippen molar-refractivity contribution < 1.29 is 4.21 Å². The van der Waals surface area contributed by atoms with Crippen LogP contribution in [0.1, 0.15) is 6.92 Å². The third-order valence-electron chi connectivity index (χ3n) is 2.62. The molecule has 1 heterocycles. The fourth-order valence-corrected chi connectivity index (χ4v) is 2.80. The van der Waals surface area contributed by atoms with Gasteiger partial charge in [-0.1, -0.05) is 12.1 Å². The van der Waals surface area contributed by atoms with Crippen LogP contribution in [0.15, 0.2) is 33.8 Å². The maximum Gasteiger partial charge on any atom is 0.208 e. The topological polar surface area (TPSA) is 47.2 Å². The van der Waals surface area contributed by atoms with Crippen LogP contribution in [-0.2, 0) is 16.3 Å². The summed E-state index contributed by atoms with van der Waals surface area (Å²) in [5.74, 6) is 0. The average Bonchev–Trinajstić information content (AvgIpc) is 2.68. The van der Waals surface area contributed by atoms with Crippen molar-refractivity contribution in [3.05, 3.63) is 24.3 Å². The van der Waals surface area contributed by atoms with Crippen LogP contribution < -0.4 is 0 Å². The van der Waals surface area contributed by atoms with E-state index in [1.54, 1.807) is 13.3 Å². The third kappa shape index (κ3) is 1.61. The van der Waals surface area contributed by atoms with Crippen molar-refractivity contribution in [3.8, 4) is 0 Å². The van der Waals surface area contributed by atoms with Crippen LogP contribution in [0.25, 0.3) is 11.0 Å². The first-order valence-corrected chi connectivity index (χ1v) is 7.08. The summed E-state index contributed by atoms with van der Waals surface area (Å²) < 4.78 is 18.2. The molecule has 5 heteroatoms. The minimum absolute atomic E-state index is 0.568. The Morgan fingerprint density at radius 1 is 1.44 bits per heavy atom. The van der Waals surface area contributed by atoms with Gasteiger partial charge in [-0.3, -0.25) is 0 Å². The Labute approximate surface area is 95.5 Å². The number of fused-ring (bicyclic) bond motifs is 1. The van der Waals surface area contributed by atoms with E-state index in [4.69, 9.17) is 0 Å². The van der Waals surface area contributed by atoms with Gasteiger partial charge in [-0.05, 0) is 19.1 Å². The number of benzene rings is 1. The quantitative estimate of drug-likeness (QED) is 0.803. The Balaban J connectivity index is 2.86. The van der Waals surface area contributed by atoms with Crippen molar-refractivity contribution in [2.75, 3.05) is 13.3 Å². The minimum Gasteiger partial charge on any atom is -0.316 e. The molecule has 0 aliphatic heterocycles. The molecule has 2 rings (SSSR count). The van der Waals surface area contributed by atoms with Gasteiger partial charge >= 0.3 is 0 Å². The Hall–Kier alpha value is -1.36. The maximum atomic E-state index is 12.3. The lowest BCUT2D eigenvalue weighted by molar-refractivity contribution is 0.645. The summed E-state index contributed by atoms with van der Waals surface area (Å²) in [5, 5.41) is 0.568. The zero-order valence-corrected chi connectivity index (χ0v) is 10.5. The molecule has 1 aromatic heterocycles. The number of para-hydroxylation sites is 2. The summed E-state index contributed by atoms with van der Waals surface area (Å²) in [4.78, 5) is 4.42. The maximum absolute atomic E-state index is 12.3. The molecule has 0 spiro atoms. The molecule has 0 saturated carbocycles. The number of rotatable bonds is 2. The summed E-state index contributed by atoms with van der Waals surface area (Å²) in [6.45, 7) is 2.76. The second-order valence-corrected chi connectivity index (χ2v) is 5.95. The molecule has 0 radical (unpaired) electrons. The van der Waals surface area contributed by atoms with Crippen molar-refractivity contribution in [1.29, 1.82) is 0 Å². The SMILES string of the molecule is CCn1c(S(C)(=O)=NC)nc2ccccc21. The zero-order chi connectivity index (χ0) is 11.8. The van der Waals surface area contributed by atoms with Crippen LogP contribution in [0.2, 0.25) is 0 Å². The van der Waals surface area contributed by atoms with E-state index in [-0.39, 0.29) is 0 Å². The molecule has 16 heavy (non-hydrogen) atoms. The Morgan fingerprint density at radius 2 is 2.12 bits per heavy atom. The molecular formula is C11H15N3OS. The molecule has 0 fully saturated rings. The Bertz CT molecular complexity index is 636. The highest BCUT2D eigenvalue weighted by atomic mass is 32.2. The van der Waals surface area contributed by atoms with E-state index in [0.717, 1.165) is 17.6 Å². The first kappa shape index (κ1) is 11.1. The Morgan fingerprint density at radius 3 is 2.75 bits per heavy atom. The average molecular weight is 237 g/mol. The Kier molecular flexibility index (Phi) is 2.71. The molecule has 0 saturated heterocycles. The van der Waals surface area contributed by atoms with Crippen LogP contribution in [-0.4, -0.2) is 27.1 Å². The number of nitrogens with zero attached hydrogens (tertiary/aromatic N) is 3. The summed E-state index contributed by atoms with van der Waals surface area (Å²) in [5.41, 5.74) is 1.89. The molecular weight excluding hydrogens is 222 g/mol. The highest BCUT2D eigenvalue weighted by Crippen LogP contribution is 2.20. The van der Waals surface area contributed by atoms with Gasteiger partial charge < -0.3 is 4.57 Å². The normalized spacial score (nSPS) is 14.9. The zero-order valence-electron chi connectivity index (χ0n) is 9.67. The smallest absolute Gasteiger partial charge is 0.208 e. The number of hydrogen-bond acceptors (Lipinski definition) is 3. The number of hydrogen-bond donors (Lipinski definition) is 0. The van der Waals surface area contributed by atoms with Gasteiger partial charge in [0.15, 0.2) is 0 Å². The van der Waals surface area contributed by atoms with E-state index < -0.39 is 9.73 Å². The second-order valence-electron chi connectivity index (χ2n) is 3.61. The number of aryl methyl sites for hydroxylation is 1.